The van der Waals surface area contributed by atoms with Crippen LogP contribution < -0.4 is 11.2 Å². The average Bonchev–Trinajstić information content (AvgIpc) is 3.14. The number of hydrogen-bond donors (Lipinski definition) is 2. The first kappa shape index (κ1) is 22.8. The van der Waals surface area contributed by atoms with Gasteiger partial charge in [0.15, 0.2) is 5.67 Å². The number of pyridine rings is 1. The van der Waals surface area contributed by atoms with Crippen LogP contribution in [0, 0.1) is 0 Å². The molecule has 5 rings (SSSR count). The Bertz CT molecular complexity index is 1090. The van der Waals surface area contributed by atoms with Crippen molar-refractivity contribution in [1.82, 2.24) is 20.3 Å². The number of carbonyl (C=O) groups is 1. The van der Waals surface area contributed by atoms with E-state index in [9.17, 15) is 4.79 Å². The van der Waals surface area contributed by atoms with Crippen molar-refractivity contribution < 1.29 is 14.0 Å². The van der Waals surface area contributed by atoms with Crippen LogP contribution in [0.15, 0.2) is 48.7 Å². The summed E-state index contributed by atoms with van der Waals surface area (Å²) < 4.78 is 15.8. The highest BCUT2D eigenvalue weighted by Gasteiger charge is 2.47. The van der Waals surface area contributed by atoms with E-state index in [0.717, 1.165) is 29.7 Å². The summed E-state index contributed by atoms with van der Waals surface area (Å²) in [5, 5.41) is 0. The zero-order valence-corrected chi connectivity index (χ0v) is 19.6. The molecule has 2 fully saturated rings. The third kappa shape index (κ3) is 4.16. The maximum Gasteiger partial charge on any atom is 0.260 e. The van der Waals surface area contributed by atoms with E-state index in [-0.39, 0.29) is 24.2 Å². The number of nitrogen functional groups attached to an aromatic ring is 1. The third-order valence-electron chi connectivity index (χ3n) is 7.61. The fourth-order valence-electron chi connectivity index (χ4n) is 5.71. The lowest BCUT2D eigenvalue weighted by Crippen LogP contribution is -2.55. The molecule has 3 N–H and O–H groups in total. The molecule has 2 aromatic rings. The zero-order valence-electron chi connectivity index (χ0n) is 19.6. The second kappa shape index (κ2) is 9.00. The molecule has 2 saturated heterocycles. The predicted octanol–water partition coefficient (Wildman–Crippen LogP) is 3.03. The Labute approximate surface area is 199 Å². The first-order chi connectivity index (χ1) is 16.4. The van der Waals surface area contributed by atoms with Crippen molar-refractivity contribution in [1.29, 1.82) is 0 Å². The summed E-state index contributed by atoms with van der Waals surface area (Å²) in [6, 6.07) is 12.1. The molecule has 1 aromatic carbocycles. The highest BCUT2D eigenvalue weighted by molar-refractivity contribution is 5.85. The number of allylic oxidation sites excluding steroid dienone is 1. The maximum atomic E-state index is 15.8. The first-order valence-corrected chi connectivity index (χ1v) is 12.0. The number of aromatic nitrogens is 1. The van der Waals surface area contributed by atoms with E-state index in [4.69, 9.17) is 10.6 Å². The second-order valence-electron chi connectivity index (χ2n) is 9.69. The lowest BCUT2D eigenvalue weighted by Gasteiger charge is -2.43. The predicted molar refractivity (Wildman–Crippen MR) is 129 cm³/mol. The number of carbonyl (C=O) groups excluding carboxylic acids is 1. The molecule has 3 heterocycles. The second-order valence-corrected chi connectivity index (χ2v) is 9.69. The highest BCUT2D eigenvalue weighted by Crippen LogP contribution is 2.46. The van der Waals surface area contributed by atoms with Crippen LogP contribution in [0.5, 0.6) is 0 Å². The van der Waals surface area contributed by atoms with Crippen LogP contribution in [0.4, 0.5) is 10.2 Å². The number of nitrogens with one attached hydrogen (secondary N) is 1. The number of anilines is 1. The Morgan fingerprint density at radius 2 is 1.88 bits per heavy atom. The molecule has 1 spiro atoms. The number of amides is 1. The van der Waals surface area contributed by atoms with Gasteiger partial charge in [0.25, 0.3) is 5.91 Å². The summed E-state index contributed by atoms with van der Waals surface area (Å²) >= 11 is 0. The van der Waals surface area contributed by atoms with Crippen LogP contribution in [0.3, 0.4) is 0 Å². The number of benzene rings is 1. The Hall–Kier alpha value is -2.97. The fraction of sp³-hybridized carbons (Fsp3) is 0.462. The number of fused-ring (bicyclic) bond motifs is 2. The quantitative estimate of drug-likeness (QED) is 0.661. The molecule has 1 amide bonds. The molecule has 1 aromatic heterocycles. The topological polar surface area (TPSA) is 83.7 Å². The summed E-state index contributed by atoms with van der Waals surface area (Å²) in [5.41, 5.74) is 11.2. The van der Waals surface area contributed by atoms with Crippen LogP contribution >= 0.6 is 0 Å². The van der Waals surface area contributed by atoms with Crippen molar-refractivity contribution >= 4 is 17.4 Å². The normalized spacial score (nSPS) is 21.2. The van der Waals surface area contributed by atoms with E-state index in [1.807, 2.05) is 24.3 Å². The zero-order chi connectivity index (χ0) is 23.8. The molecule has 0 bridgehead atoms. The van der Waals surface area contributed by atoms with Crippen molar-refractivity contribution in [3.05, 3.63) is 65.4 Å². The minimum absolute atomic E-state index is 0.145. The van der Waals surface area contributed by atoms with Gasteiger partial charge < -0.3 is 10.6 Å². The van der Waals surface area contributed by atoms with Gasteiger partial charge in [0.2, 0.25) is 0 Å². The van der Waals surface area contributed by atoms with E-state index >= 15 is 4.39 Å². The molecule has 2 aliphatic heterocycles. The largest absolute Gasteiger partial charge is 0.384 e. The molecule has 34 heavy (non-hydrogen) atoms. The maximum absolute atomic E-state index is 15.8. The van der Waals surface area contributed by atoms with Crippen molar-refractivity contribution in [2.24, 2.45) is 0 Å². The van der Waals surface area contributed by atoms with E-state index in [1.54, 1.807) is 18.2 Å². The molecule has 180 valence electrons. The number of alkyl halides is 1. The van der Waals surface area contributed by atoms with Crippen molar-refractivity contribution in [3.63, 3.8) is 0 Å². The van der Waals surface area contributed by atoms with Gasteiger partial charge in [0.1, 0.15) is 5.82 Å². The lowest BCUT2D eigenvalue weighted by atomic mass is 9.74. The van der Waals surface area contributed by atoms with Gasteiger partial charge >= 0.3 is 0 Å². The van der Waals surface area contributed by atoms with Gasteiger partial charge in [-0.15, -0.1) is 0 Å². The number of likely N-dealkylation sites (tertiary alicyclic amines) is 2. The van der Waals surface area contributed by atoms with E-state index < -0.39 is 5.67 Å². The smallest absolute Gasteiger partial charge is 0.260 e. The van der Waals surface area contributed by atoms with Gasteiger partial charge in [-0.1, -0.05) is 24.3 Å². The third-order valence-corrected chi connectivity index (χ3v) is 7.61. The van der Waals surface area contributed by atoms with Crippen molar-refractivity contribution in [2.75, 3.05) is 39.0 Å². The molecule has 7 nitrogen and oxygen atoms in total. The summed E-state index contributed by atoms with van der Waals surface area (Å²) in [7, 11) is 1.61. The number of hydrogen-bond acceptors (Lipinski definition) is 6. The number of rotatable bonds is 5. The molecule has 8 heteroatoms. The highest BCUT2D eigenvalue weighted by atomic mass is 19.1. The Morgan fingerprint density at radius 3 is 2.59 bits per heavy atom. The molecule has 3 aliphatic rings. The fourth-order valence-corrected chi connectivity index (χ4v) is 5.71. The van der Waals surface area contributed by atoms with E-state index in [1.165, 1.54) is 5.56 Å². The first-order valence-electron chi connectivity index (χ1n) is 12.0. The SMILES string of the molecule is CONC1=CC2(CCN(C(=O)C3(F)CCN(Cc4ccnc(N)c4)CC3)CC2)c2ccccc21. The van der Waals surface area contributed by atoms with Crippen LogP contribution in [0.1, 0.15) is 42.4 Å². The van der Waals surface area contributed by atoms with Crippen LogP contribution in [-0.4, -0.2) is 59.6 Å². The number of halogens is 1. The minimum atomic E-state index is -1.79. The van der Waals surface area contributed by atoms with Gasteiger partial charge in [0, 0.05) is 62.7 Å². The molecule has 0 radical (unpaired) electrons. The van der Waals surface area contributed by atoms with Gasteiger partial charge in [-0.3, -0.25) is 20.0 Å². The minimum Gasteiger partial charge on any atom is -0.384 e. The summed E-state index contributed by atoms with van der Waals surface area (Å²) in [6.45, 7) is 2.88. The Balaban J connectivity index is 1.21. The monoisotopic (exact) mass is 465 g/mol. The number of nitrogens with zero attached hydrogens (tertiary/aromatic N) is 3. The average molecular weight is 466 g/mol. The van der Waals surface area contributed by atoms with Crippen LogP contribution in [-0.2, 0) is 21.6 Å². The molecule has 1 aliphatic carbocycles. The number of nitrogens with two attached hydrogens (primary N) is 1. The molecule has 0 saturated carbocycles. The summed E-state index contributed by atoms with van der Waals surface area (Å²) in [6.07, 6.45) is 5.90. The molecule has 0 unspecified atom stereocenters. The molecular formula is C26H32FN5O2. The standard InChI is InChI=1S/C26H32FN5O2/c1-34-30-22-17-25(21-5-3-2-4-20(21)22)7-14-32(15-8-25)24(33)26(27)9-12-31(13-10-26)18-19-6-11-29-23(28)16-19/h2-6,11,16-17,30H,7-10,12-15,18H2,1H3,(H2,28,29). The van der Waals surface area contributed by atoms with Crippen LogP contribution in [0.2, 0.25) is 0 Å². The van der Waals surface area contributed by atoms with E-state index in [0.29, 0.717) is 38.5 Å². The Morgan fingerprint density at radius 1 is 1.15 bits per heavy atom. The number of piperidine rings is 2. The number of hydroxylamine groups is 1. The van der Waals surface area contributed by atoms with E-state index in [2.05, 4.69) is 33.6 Å². The summed E-state index contributed by atoms with van der Waals surface area (Å²) in [4.78, 5) is 26.4. The summed E-state index contributed by atoms with van der Waals surface area (Å²) in [5.74, 6) is 0.137. The van der Waals surface area contributed by atoms with Crippen molar-refractivity contribution in [2.45, 2.75) is 43.3 Å². The van der Waals surface area contributed by atoms with Crippen LogP contribution in [0.25, 0.3) is 5.70 Å². The molecular weight excluding hydrogens is 433 g/mol. The van der Waals surface area contributed by atoms with Gasteiger partial charge in [-0.25, -0.2) is 9.37 Å². The van der Waals surface area contributed by atoms with Gasteiger partial charge in [0.05, 0.1) is 12.8 Å². The lowest BCUT2D eigenvalue weighted by molar-refractivity contribution is -0.149. The van der Waals surface area contributed by atoms with Gasteiger partial charge in [-0.05, 0) is 42.2 Å². The molecule has 0 atom stereocenters. The van der Waals surface area contributed by atoms with Crippen molar-refractivity contribution in [3.8, 4) is 0 Å². The van der Waals surface area contributed by atoms with Gasteiger partial charge in [-0.2, -0.15) is 0 Å². The Kier molecular flexibility index (Phi) is 6.04.